The number of aliphatic hydroxyl groups excluding tert-OH is 1. The number of carbonyl (C=O) groups excluding carboxylic acids is 3. The second kappa shape index (κ2) is 12.2. The van der Waals surface area contributed by atoms with Crippen molar-refractivity contribution in [3.05, 3.63) is 59.7 Å². The number of hydrogen-bond donors (Lipinski definition) is 4. The van der Waals surface area contributed by atoms with E-state index in [0.717, 1.165) is 17.5 Å². The van der Waals surface area contributed by atoms with Gasteiger partial charge in [-0.25, -0.2) is 4.79 Å². The quantitative estimate of drug-likeness (QED) is 0.347. The molecule has 1 aliphatic heterocycles. The molecular formula is C27H35N3O5Si. The third kappa shape index (κ3) is 5.96. The lowest BCUT2D eigenvalue weighted by atomic mass is 9.98. The van der Waals surface area contributed by atoms with Crippen molar-refractivity contribution in [2.75, 3.05) is 19.8 Å². The third-order valence-electron chi connectivity index (χ3n) is 7.14. The summed E-state index contributed by atoms with van der Waals surface area (Å²) in [5.74, 6) is -0.417. The first kappa shape index (κ1) is 25.9. The van der Waals surface area contributed by atoms with Crippen molar-refractivity contribution in [2.45, 2.75) is 50.1 Å². The fourth-order valence-electron chi connectivity index (χ4n) is 5.24. The van der Waals surface area contributed by atoms with Crippen molar-refractivity contribution in [2.24, 2.45) is 5.92 Å². The normalized spacial score (nSPS) is 18.4. The van der Waals surface area contributed by atoms with E-state index in [2.05, 4.69) is 39.9 Å². The minimum atomic E-state index is -1.32. The molecule has 2 aromatic rings. The summed E-state index contributed by atoms with van der Waals surface area (Å²) in [5.41, 5.74) is 4.33. The molecule has 0 unspecified atom stereocenters. The van der Waals surface area contributed by atoms with E-state index in [9.17, 15) is 19.5 Å². The van der Waals surface area contributed by atoms with Crippen LogP contribution in [0.5, 0.6) is 0 Å². The lowest BCUT2D eigenvalue weighted by Gasteiger charge is -2.23. The topological polar surface area (TPSA) is 117 Å². The highest BCUT2D eigenvalue weighted by Gasteiger charge is 2.31. The number of benzene rings is 2. The van der Waals surface area contributed by atoms with E-state index in [0.29, 0.717) is 25.8 Å². The molecule has 1 aliphatic carbocycles. The molecule has 1 saturated heterocycles. The summed E-state index contributed by atoms with van der Waals surface area (Å²) in [6, 6.07) is 15.9. The predicted molar refractivity (Wildman–Crippen MR) is 140 cm³/mol. The van der Waals surface area contributed by atoms with E-state index >= 15 is 0 Å². The van der Waals surface area contributed by atoms with Gasteiger partial charge in [-0.3, -0.25) is 9.59 Å². The maximum Gasteiger partial charge on any atom is 0.398 e. The average molecular weight is 510 g/mol. The smallest absolute Gasteiger partial charge is 0.398 e. The van der Waals surface area contributed by atoms with Crippen LogP contribution in [0.3, 0.4) is 0 Å². The van der Waals surface area contributed by atoms with Gasteiger partial charge < -0.3 is 25.5 Å². The Morgan fingerprint density at radius 1 is 1.14 bits per heavy atom. The average Bonchev–Trinajstić information content (AvgIpc) is 3.45. The number of carbonyl (C=O) groups is 3. The van der Waals surface area contributed by atoms with E-state index in [-0.39, 0.29) is 42.4 Å². The first-order valence-corrected chi connectivity index (χ1v) is 14.3. The maximum absolute atomic E-state index is 12.9. The van der Waals surface area contributed by atoms with Crippen LogP contribution in [0.25, 0.3) is 11.1 Å². The summed E-state index contributed by atoms with van der Waals surface area (Å²) in [6.45, 7) is 2.63. The highest BCUT2D eigenvalue weighted by Crippen LogP contribution is 2.44. The van der Waals surface area contributed by atoms with E-state index in [4.69, 9.17) is 4.74 Å². The molecule has 192 valence electrons. The summed E-state index contributed by atoms with van der Waals surface area (Å²) >= 11 is 0. The van der Waals surface area contributed by atoms with Crippen molar-refractivity contribution < 1.29 is 24.2 Å². The Morgan fingerprint density at radius 3 is 2.39 bits per heavy atom. The predicted octanol–water partition coefficient (Wildman–Crippen LogP) is 2.20. The van der Waals surface area contributed by atoms with Crippen molar-refractivity contribution >= 4 is 27.6 Å². The van der Waals surface area contributed by atoms with Gasteiger partial charge in [-0.15, -0.1) is 0 Å². The van der Waals surface area contributed by atoms with Gasteiger partial charge in [0.1, 0.15) is 16.3 Å². The number of ether oxygens (including phenoxy) is 1. The van der Waals surface area contributed by atoms with E-state index in [1.54, 1.807) is 0 Å². The van der Waals surface area contributed by atoms with E-state index in [1.807, 2.05) is 31.2 Å². The third-order valence-corrected chi connectivity index (χ3v) is 8.91. The summed E-state index contributed by atoms with van der Waals surface area (Å²) in [6.07, 6.45) is 2.06. The van der Waals surface area contributed by atoms with Crippen LogP contribution < -0.4 is 15.6 Å². The molecular weight excluding hydrogens is 474 g/mol. The fourth-order valence-corrected chi connectivity index (χ4v) is 6.67. The van der Waals surface area contributed by atoms with Gasteiger partial charge in [-0.05, 0) is 41.5 Å². The maximum atomic E-state index is 12.9. The van der Waals surface area contributed by atoms with Gasteiger partial charge in [-0.2, -0.15) is 0 Å². The lowest BCUT2D eigenvalue weighted by molar-refractivity contribution is -0.125. The first-order valence-electron chi connectivity index (χ1n) is 12.8. The van der Waals surface area contributed by atoms with Gasteiger partial charge in [0.25, 0.3) is 0 Å². The van der Waals surface area contributed by atoms with Crippen molar-refractivity contribution in [3.63, 3.8) is 0 Å². The van der Waals surface area contributed by atoms with Crippen molar-refractivity contribution in [1.82, 2.24) is 15.6 Å². The molecule has 0 saturated carbocycles. The summed E-state index contributed by atoms with van der Waals surface area (Å²) < 4.78 is 5.62. The van der Waals surface area contributed by atoms with Crippen LogP contribution in [0.2, 0.25) is 5.54 Å². The summed E-state index contributed by atoms with van der Waals surface area (Å²) in [4.78, 5) is 40.3. The monoisotopic (exact) mass is 509 g/mol. The standard InChI is InChI=1S/C27H35N3O5Si/c1-2-7-24(26(33)29-18(15-31)14-17-12-13-28-25(17)32)36-30-27(34)35-16-23-21-10-5-3-8-19(21)20-9-4-6-11-22(20)23/h3-6,8-11,17-18,23-24,31H,2,7,12-16,36H2,1H3,(H,28,32)(H,29,33)(H,30,34)/t17-,18-,24-/m0/s1. The molecule has 0 spiro atoms. The zero-order chi connectivity index (χ0) is 25.5. The molecule has 0 aromatic heterocycles. The van der Waals surface area contributed by atoms with Crippen LogP contribution in [0.1, 0.15) is 49.7 Å². The largest absolute Gasteiger partial charge is 0.449 e. The van der Waals surface area contributed by atoms with Gasteiger partial charge in [0.2, 0.25) is 11.8 Å². The molecule has 3 atom stereocenters. The van der Waals surface area contributed by atoms with Gasteiger partial charge in [0.15, 0.2) is 0 Å². The molecule has 2 aromatic carbocycles. The zero-order valence-corrected chi connectivity index (χ0v) is 22.1. The van der Waals surface area contributed by atoms with Crippen LogP contribution in [-0.4, -0.2) is 58.5 Å². The second-order valence-electron chi connectivity index (χ2n) is 9.59. The summed E-state index contributed by atoms with van der Waals surface area (Å²) in [5, 5.41) is 15.4. The minimum absolute atomic E-state index is 0.0161. The number of aliphatic hydroxyl groups is 1. The molecule has 0 radical (unpaired) electrons. The van der Waals surface area contributed by atoms with Gasteiger partial charge >= 0.3 is 6.09 Å². The van der Waals surface area contributed by atoms with Crippen molar-refractivity contribution in [3.8, 4) is 11.1 Å². The number of amides is 3. The fraction of sp³-hybridized carbons (Fsp3) is 0.444. The Kier molecular flexibility index (Phi) is 8.77. The van der Waals surface area contributed by atoms with Crippen LogP contribution >= 0.6 is 0 Å². The highest BCUT2D eigenvalue weighted by atomic mass is 28.2. The Morgan fingerprint density at radius 2 is 1.81 bits per heavy atom. The molecule has 36 heavy (non-hydrogen) atoms. The Hall–Kier alpha value is -3.17. The SMILES string of the molecule is CCC[C@H]([SiH2]NC(=O)OCC1c2ccccc2-c2ccccc21)C(=O)N[C@H](CO)C[C@@H]1CCNC1=O. The van der Waals surface area contributed by atoms with Gasteiger partial charge in [0.05, 0.1) is 12.6 Å². The molecule has 1 heterocycles. The molecule has 4 rings (SSSR count). The Balaban J connectivity index is 1.29. The van der Waals surface area contributed by atoms with Crippen molar-refractivity contribution in [1.29, 1.82) is 0 Å². The van der Waals surface area contributed by atoms with Crippen LogP contribution in [0.4, 0.5) is 4.79 Å². The number of fused-ring (bicyclic) bond motifs is 3. The lowest BCUT2D eigenvalue weighted by Crippen LogP contribution is -2.44. The van der Waals surface area contributed by atoms with Crippen LogP contribution in [-0.2, 0) is 14.3 Å². The molecule has 9 heteroatoms. The molecule has 4 N–H and O–H groups in total. The van der Waals surface area contributed by atoms with Crippen LogP contribution in [0.15, 0.2) is 48.5 Å². The molecule has 8 nitrogen and oxygen atoms in total. The number of rotatable bonds is 11. The molecule has 3 amide bonds. The molecule has 0 bridgehead atoms. The zero-order valence-electron chi connectivity index (χ0n) is 20.7. The number of hydrogen-bond acceptors (Lipinski definition) is 5. The van der Waals surface area contributed by atoms with Crippen LogP contribution in [0, 0.1) is 5.92 Å². The number of nitrogens with one attached hydrogen (secondary N) is 3. The van der Waals surface area contributed by atoms with Gasteiger partial charge in [-0.1, -0.05) is 61.9 Å². The van der Waals surface area contributed by atoms with Gasteiger partial charge in [0, 0.05) is 23.9 Å². The Bertz CT molecular complexity index is 1050. The van der Waals surface area contributed by atoms with E-state index in [1.165, 1.54) is 11.1 Å². The second-order valence-corrected chi connectivity index (χ2v) is 11.3. The molecule has 1 fully saturated rings. The Labute approximate surface area is 214 Å². The van der Waals surface area contributed by atoms with E-state index < -0.39 is 21.8 Å². The highest BCUT2D eigenvalue weighted by molar-refractivity contribution is 6.44. The summed E-state index contributed by atoms with van der Waals surface area (Å²) in [7, 11) is -1.32. The first-order chi connectivity index (χ1) is 17.5. The minimum Gasteiger partial charge on any atom is -0.449 e. The molecule has 2 aliphatic rings.